The van der Waals surface area contributed by atoms with E-state index in [-0.39, 0.29) is 50.8 Å². The SMILES string of the molecule is CCCCCCCCOC(CCC(=O)OCC(COC(=O)CCCCCCCO)COC(=O)CCCN(CC)CC)OCCCCCCCC. The van der Waals surface area contributed by atoms with Gasteiger partial charge in [-0.05, 0) is 51.7 Å². The highest BCUT2D eigenvalue weighted by atomic mass is 16.7. The third-order valence-corrected chi connectivity index (χ3v) is 8.92. The second-order valence-electron chi connectivity index (χ2n) is 13.5. The second kappa shape index (κ2) is 37.0. The predicted octanol–water partition coefficient (Wildman–Crippen LogP) is 8.55. The highest BCUT2D eigenvalue weighted by molar-refractivity contribution is 5.70. The molecule has 1 atom stereocenters. The van der Waals surface area contributed by atoms with Gasteiger partial charge in [-0.15, -0.1) is 0 Å². The van der Waals surface area contributed by atoms with Crippen LogP contribution in [-0.4, -0.2) is 93.5 Å². The predicted molar refractivity (Wildman–Crippen MR) is 200 cm³/mol. The van der Waals surface area contributed by atoms with Crippen LogP contribution >= 0.6 is 0 Å². The largest absolute Gasteiger partial charge is 0.465 e. The molecule has 1 unspecified atom stereocenters. The van der Waals surface area contributed by atoms with E-state index in [1.807, 2.05) is 0 Å². The van der Waals surface area contributed by atoms with Crippen LogP contribution in [0.15, 0.2) is 0 Å². The van der Waals surface area contributed by atoms with E-state index in [1.54, 1.807) is 0 Å². The molecular formula is C40H77NO9. The molecule has 0 aromatic heterocycles. The van der Waals surface area contributed by atoms with Gasteiger partial charge < -0.3 is 33.7 Å². The molecule has 0 aliphatic carbocycles. The van der Waals surface area contributed by atoms with Crippen LogP contribution in [-0.2, 0) is 38.1 Å². The molecular weight excluding hydrogens is 638 g/mol. The number of hydrogen-bond donors (Lipinski definition) is 1. The fourth-order valence-corrected chi connectivity index (χ4v) is 5.54. The molecule has 0 amide bonds. The van der Waals surface area contributed by atoms with E-state index in [2.05, 4.69) is 32.6 Å². The van der Waals surface area contributed by atoms with E-state index in [1.165, 1.54) is 51.4 Å². The minimum Gasteiger partial charge on any atom is -0.465 e. The average Bonchev–Trinajstić information content (AvgIpc) is 3.12. The van der Waals surface area contributed by atoms with Gasteiger partial charge in [-0.1, -0.05) is 111 Å². The van der Waals surface area contributed by atoms with Crippen molar-refractivity contribution in [2.24, 2.45) is 5.92 Å². The number of nitrogens with zero attached hydrogens (tertiary/aromatic N) is 1. The normalized spacial score (nSPS) is 12.1. The Morgan fingerprint density at radius 3 is 1.42 bits per heavy atom. The van der Waals surface area contributed by atoms with Crippen LogP contribution < -0.4 is 0 Å². The standard InChI is InChI=1S/C40H77NO9/c1-5-9-11-13-18-22-31-46-40(47-32-23-19-14-12-10-6-2)28-27-39(45)50-35-36(33-48-37(43)25-20-16-15-17-21-30-42)34-49-38(44)26-24-29-41(7-3)8-4/h36,40,42H,5-35H2,1-4H3. The molecule has 0 saturated heterocycles. The lowest BCUT2D eigenvalue weighted by Gasteiger charge is -2.20. The third kappa shape index (κ3) is 32.2. The van der Waals surface area contributed by atoms with E-state index in [0.29, 0.717) is 45.3 Å². The summed E-state index contributed by atoms with van der Waals surface area (Å²) in [7, 11) is 0. The summed E-state index contributed by atoms with van der Waals surface area (Å²) < 4.78 is 28.7. The van der Waals surface area contributed by atoms with Crippen LogP contribution in [0.25, 0.3) is 0 Å². The van der Waals surface area contributed by atoms with Crippen LogP contribution in [0, 0.1) is 5.92 Å². The highest BCUT2D eigenvalue weighted by Gasteiger charge is 2.19. The van der Waals surface area contributed by atoms with Gasteiger partial charge >= 0.3 is 17.9 Å². The van der Waals surface area contributed by atoms with Gasteiger partial charge in [0.15, 0.2) is 6.29 Å². The molecule has 0 heterocycles. The zero-order valence-corrected chi connectivity index (χ0v) is 32.7. The minimum absolute atomic E-state index is 0.00864. The van der Waals surface area contributed by atoms with Crippen molar-refractivity contribution in [3.8, 4) is 0 Å². The third-order valence-electron chi connectivity index (χ3n) is 8.92. The second-order valence-corrected chi connectivity index (χ2v) is 13.5. The fourth-order valence-electron chi connectivity index (χ4n) is 5.54. The van der Waals surface area contributed by atoms with Gasteiger partial charge in [0.05, 0.1) is 12.3 Å². The first-order chi connectivity index (χ1) is 24.4. The van der Waals surface area contributed by atoms with Crippen LogP contribution in [0.5, 0.6) is 0 Å². The molecule has 0 aromatic rings. The first-order valence-electron chi connectivity index (χ1n) is 20.4. The van der Waals surface area contributed by atoms with Gasteiger partial charge in [0.25, 0.3) is 0 Å². The maximum absolute atomic E-state index is 12.8. The molecule has 1 N–H and O–H groups in total. The molecule has 0 saturated carbocycles. The van der Waals surface area contributed by atoms with E-state index in [0.717, 1.165) is 71.0 Å². The quantitative estimate of drug-likeness (QED) is 0.0288. The first-order valence-corrected chi connectivity index (χ1v) is 20.4. The van der Waals surface area contributed by atoms with Crippen molar-refractivity contribution in [3.63, 3.8) is 0 Å². The van der Waals surface area contributed by atoms with Gasteiger partial charge in [-0.25, -0.2) is 0 Å². The molecule has 10 heteroatoms. The number of ether oxygens (including phenoxy) is 5. The van der Waals surface area contributed by atoms with Crippen molar-refractivity contribution >= 4 is 17.9 Å². The number of carbonyl (C=O) groups is 3. The van der Waals surface area contributed by atoms with Crippen LogP contribution in [0.3, 0.4) is 0 Å². The highest BCUT2D eigenvalue weighted by Crippen LogP contribution is 2.13. The lowest BCUT2D eigenvalue weighted by molar-refractivity contribution is -0.162. The lowest BCUT2D eigenvalue weighted by Crippen LogP contribution is -2.27. The number of unbranched alkanes of at least 4 members (excludes halogenated alkanes) is 14. The summed E-state index contributed by atoms with van der Waals surface area (Å²) in [6.07, 6.45) is 19.8. The van der Waals surface area contributed by atoms with Gasteiger partial charge in [0, 0.05) is 39.1 Å². The Labute approximate surface area is 306 Å². The van der Waals surface area contributed by atoms with Crippen LogP contribution in [0.1, 0.15) is 169 Å². The Bertz CT molecular complexity index is 760. The van der Waals surface area contributed by atoms with Crippen molar-refractivity contribution in [1.82, 2.24) is 4.90 Å². The van der Waals surface area contributed by atoms with E-state index in [9.17, 15) is 14.4 Å². The molecule has 0 bridgehead atoms. The van der Waals surface area contributed by atoms with Crippen molar-refractivity contribution in [3.05, 3.63) is 0 Å². The van der Waals surface area contributed by atoms with Crippen molar-refractivity contribution < 1.29 is 43.2 Å². The summed E-state index contributed by atoms with van der Waals surface area (Å²) in [5.74, 6) is -1.47. The van der Waals surface area contributed by atoms with Gasteiger partial charge in [0.1, 0.15) is 19.8 Å². The Morgan fingerprint density at radius 2 is 0.940 bits per heavy atom. The number of carbonyl (C=O) groups excluding carboxylic acids is 3. The molecule has 0 radical (unpaired) electrons. The summed E-state index contributed by atoms with van der Waals surface area (Å²) in [6.45, 7) is 12.7. The zero-order valence-electron chi connectivity index (χ0n) is 32.7. The topological polar surface area (TPSA) is 121 Å². The van der Waals surface area contributed by atoms with E-state index >= 15 is 0 Å². The van der Waals surface area contributed by atoms with Gasteiger partial charge in [0.2, 0.25) is 0 Å². The van der Waals surface area contributed by atoms with Crippen molar-refractivity contribution in [2.45, 2.75) is 175 Å². The Hall–Kier alpha value is -1.75. The molecule has 10 nitrogen and oxygen atoms in total. The first kappa shape index (κ1) is 48.2. The molecule has 0 spiro atoms. The summed E-state index contributed by atoms with van der Waals surface area (Å²) in [6, 6.07) is 0. The average molecular weight is 716 g/mol. The molecule has 296 valence electrons. The number of esters is 3. The van der Waals surface area contributed by atoms with Crippen molar-refractivity contribution in [2.75, 3.05) is 59.3 Å². The fraction of sp³-hybridized carbons (Fsp3) is 0.925. The van der Waals surface area contributed by atoms with E-state index in [4.69, 9.17) is 28.8 Å². The molecule has 0 fully saturated rings. The number of aliphatic hydroxyl groups is 1. The number of hydrogen-bond acceptors (Lipinski definition) is 10. The Morgan fingerprint density at radius 1 is 0.520 bits per heavy atom. The molecule has 0 rings (SSSR count). The van der Waals surface area contributed by atoms with Crippen molar-refractivity contribution in [1.29, 1.82) is 0 Å². The van der Waals surface area contributed by atoms with Crippen LogP contribution in [0.2, 0.25) is 0 Å². The number of aliphatic hydroxyl groups excluding tert-OH is 1. The molecule has 0 aromatic carbocycles. The van der Waals surface area contributed by atoms with Gasteiger partial charge in [-0.3, -0.25) is 14.4 Å². The zero-order chi connectivity index (χ0) is 36.9. The maximum atomic E-state index is 12.8. The summed E-state index contributed by atoms with van der Waals surface area (Å²) >= 11 is 0. The summed E-state index contributed by atoms with van der Waals surface area (Å²) in [5.41, 5.74) is 0. The smallest absolute Gasteiger partial charge is 0.305 e. The molecule has 0 aliphatic heterocycles. The Balaban J connectivity index is 4.89. The lowest BCUT2D eigenvalue weighted by atomic mass is 10.1. The van der Waals surface area contributed by atoms with E-state index < -0.39 is 12.2 Å². The molecule has 0 aliphatic rings. The summed E-state index contributed by atoms with van der Waals surface area (Å²) in [4.78, 5) is 39.9. The minimum atomic E-state index is -0.456. The summed E-state index contributed by atoms with van der Waals surface area (Å²) in [5, 5.41) is 8.91. The van der Waals surface area contributed by atoms with Gasteiger partial charge in [-0.2, -0.15) is 0 Å². The molecule has 50 heavy (non-hydrogen) atoms. The number of rotatable bonds is 38. The van der Waals surface area contributed by atoms with Crippen LogP contribution in [0.4, 0.5) is 0 Å². The maximum Gasteiger partial charge on any atom is 0.305 e. The Kier molecular flexibility index (Phi) is 35.7. The monoisotopic (exact) mass is 716 g/mol.